The summed E-state index contributed by atoms with van der Waals surface area (Å²) in [6.07, 6.45) is 1.30. The Balaban J connectivity index is 5.65. The molecule has 0 aliphatic rings. The quantitative estimate of drug-likeness (QED) is 0.0358. The van der Waals surface area contributed by atoms with Crippen molar-refractivity contribution in [1.29, 1.82) is 0 Å². The smallest absolute Gasteiger partial charge is 0.327 e. The molecule has 4 atom stereocenters. The maximum Gasteiger partial charge on any atom is 0.327 e. The summed E-state index contributed by atoms with van der Waals surface area (Å²) >= 11 is 3.93. The first-order chi connectivity index (χ1) is 17.3. The van der Waals surface area contributed by atoms with Crippen LogP contribution in [0, 0.1) is 5.92 Å². The van der Waals surface area contributed by atoms with Crippen molar-refractivity contribution >= 4 is 48.2 Å². The van der Waals surface area contributed by atoms with Crippen LogP contribution in [0.15, 0.2) is 9.98 Å². The van der Waals surface area contributed by atoms with Crippen molar-refractivity contribution in [2.24, 2.45) is 44.6 Å². The molecule has 0 aliphatic heterocycles. The van der Waals surface area contributed by atoms with Crippen molar-refractivity contribution in [3.63, 3.8) is 0 Å². The van der Waals surface area contributed by atoms with Gasteiger partial charge in [0.15, 0.2) is 11.9 Å². The van der Waals surface area contributed by atoms with Gasteiger partial charge in [-0.3, -0.25) is 24.4 Å². The second-order valence-corrected chi connectivity index (χ2v) is 9.20. The van der Waals surface area contributed by atoms with Crippen LogP contribution in [0.1, 0.15) is 46.0 Å². The molecule has 0 saturated carbocycles. The standard InChI is InChI=1S/C21H42N10O5S/c1-11(2)9-12(22)16(32)29-13(5-3-7-27-20(23)24)17(33)30-14(6-4-8-28-21(25)26)18(34)31-15(10-37)19(35)36/h11-15,37H,3-10,22H2,1-2H3,(H,29,32)(H,30,33)(H,31,34)(H,35,36)(H4,23,24,27)(H4,25,26,28). The highest BCUT2D eigenvalue weighted by atomic mass is 32.1. The van der Waals surface area contributed by atoms with Gasteiger partial charge >= 0.3 is 5.97 Å². The second kappa shape index (κ2) is 18.0. The molecule has 14 N–H and O–H groups in total. The number of nitrogens with one attached hydrogen (secondary N) is 3. The average Bonchev–Trinajstić information content (AvgIpc) is 2.79. The minimum absolute atomic E-state index is 0.0921. The molecule has 0 fully saturated rings. The number of carbonyl (C=O) groups excluding carboxylic acids is 3. The third kappa shape index (κ3) is 15.4. The zero-order valence-electron chi connectivity index (χ0n) is 21.4. The highest BCUT2D eigenvalue weighted by Crippen LogP contribution is 2.07. The number of nitrogens with two attached hydrogens (primary N) is 5. The number of hydrogen-bond donors (Lipinski definition) is 10. The Morgan fingerprint density at radius 2 is 1.19 bits per heavy atom. The Kier molecular flexibility index (Phi) is 16.5. The van der Waals surface area contributed by atoms with E-state index in [0.717, 1.165) is 0 Å². The van der Waals surface area contributed by atoms with E-state index in [1.807, 2.05) is 13.8 Å². The lowest BCUT2D eigenvalue weighted by Gasteiger charge is -2.25. The lowest BCUT2D eigenvalue weighted by Crippen LogP contribution is -2.57. The Morgan fingerprint density at radius 3 is 1.54 bits per heavy atom. The Bertz CT molecular complexity index is 816. The molecular formula is C21H42N10O5S. The summed E-state index contributed by atoms with van der Waals surface area (Å²) in [5, 5.41) is 16.8. The van der Waals surface area contributed by atoms with Crippen molar-refractivity contribution in [1.82, 2.24) is 16.0 Å². The SMILES string of the molecule is CC(C)CC(N)C(=O)NC(CCCN=C(N)N)C(=O)NC(CCCN=C(N)N)C(=O)NC(CS)C(=O)O. The minimum atomic E-state index is -1.28. The van der Waals surface area contributed by atoms with Crippen LogP contribution in [0.2, 0.25) is 0 Å². The van der Waals surface area contributed by atoms with Crippen LogP contribution >= 0.6 is 12.6 Å². The normalized spacial score (nSPS) is 14.0. The number of carboxylic acids is 1. The van der Waals surface area contributed by atoms with Gasteiger partial charge in [-0.25, -0.2) is 4.79 Å². The van der Waals surface area contributed by atoms with E-state index in [-0.39, 0.29) is 49.5 Å². The molecule has 0 heterocycles. The summed E-state index contributed by atoms with van der Waals surface area (Å²) in [6.45, 7) is 4.21. The lowest BCUT2D eigenvalue weighted by atomic mass is 10.0. The number of aliphatic carboxylic acids is 1. The molecule has 0 rings (SSSR count). The van der Waals surface area contributed by atoms with Crippen LogP contribution in [-0.4, -0.2) is 83.7 Å². The first-order valence-corrected chi connectivity index (χ1v) is 12.5. The largest absolute Gasteiger partial charge is 0.480 e. The van der Waals surface area contributed by atoms with Crippen LogP contribution in [0.5, 0.6) is 0 Å². The molecule has 0 spiro atoms. The fraction of sp³-hybridized carbons (Fsp3) is 0.714. The molecular weight excluding hydrogens is 504 g/mol. The van der Waals surface area contributed by atoms with Crippen LogP contribution in [0.4, 0.5) is 0 Å². The van der Waals surface area contributed by atoms with E-state index in [1.54, 1.807) is 0 Å². The van der Waals surface area contributed by atoms with E-state index in [1.165, 1.54) is 0 Å². The monoisotopic (exact) mass is 546 g/mol. The van der Waals surface area contributed by atoms with Crippen LogP contribution in [0.25, 0.3) is 0 Å². The van der Waals surface area contributed by atoms with Gasteiger partial charge in [-0.1, -0.05) is 13.8 Å². The van der Waals surface area contributed by atoms with Gasteiger partial charge in [0.05, 0.1) is 6.04 Å². The topological polar surface area (TPSA) is 279 Å². The van der Waals surface area contributed by atoms with Crippen molar-refractivity contribution in [3.05, 3.63) is 0 Å². The number of aliphatic imine (C=N–C) groups is 2. The van der Waals surface area contributed by atoms with Gasteiger partial charge in [0.2, 0.25) is 17.7 Å². The second-order valence-electron chi connectivity index (χ2n) is 8.84. The van der Waals surface area contributed by atoms with Crippen LogP contribution in [-0.2, 0) is 19.2 Å². The third-order valence-corrected chi connectivity index (χ3v) is 5.38. The van der Waals surface area contributed by atoms with Crippen LogP contribution < -0.4 is 44.6 Å². The van der Waals surface area contributed by atoms with Gasteiger partial charge in [-0.2, -0.15) is 12.6 Å². The maximum atomic E-state index is 13.2. The summed E-state index contributed by atoms with van der Waals surface area (Å²) in [6, 6.07) is -4.28. The molecule has 15 nitrogen and oxygen atoms in total. The molecule has 37 heavy (non-hydrogen) atoms. The Hall–Kier alpha value is -3.27. The van der Waals surface area contributed by atoms with Crippen molar-refractivity contribution in [2.45, 2.75) is 70.1 Å². The predicted molar refractivity (Wildman–Crippen MR) is 145 cm³/mol. The molecule has 0 aromatic carbocycles. The minimum Gasteiger partial charge on any atom is -0.480 e. The Morgan fingerprint density at radius 1 is 0.784 bits per heavy atom. The van der Waals surface area contributed by atoms with E-state index < -0.39 is 47.9 Å². The van der Waals surface area contributed by atoms with E-state index in [4.69, 9.17) is 28.7 Å². The number of nitrogens with zero attached hydrogens (tertiary/aromatic N) is 2. The van der Waals surface area contributed by atoms with Gasteiger partial charge < -0.3 is 49.7 Å². The summed E-state index contributed by atoms with van der Waals surface area (Å²) in [5.74, 6) is -3.44. The Labute approximate surface area is 222 Å². The molecule has 0 radical (unpaired) electrons. The molecule has 4 unspecified atom stereocenters. The molecule has 0 aromatic heterocycles. The highest BCUT2D eigenvalue weighted by Gasteiger charge is 2.29. The fourth-order valence-electron chi connectivity index (χ4n) is 3.17. The first kappa shape index (κ1) is 33.7. The molecule has 0 bridgehead atoms. The molecule has 212 valence electrons. The zero-order valence-corrected chi connectivity index (χ0v) is 22.2. The van der Waals surface area contributed by atoms with Crippen molar-refractivity contribution < 1.29 is 24.3 Å². The number of thiol groups is 1. The number of rotatable bonds is 18. The highest BCUT2D eigenvalue weighted by molar-refractivity contribution is 7.80. The van der Waals surface area contributed by atoms with Crippen LogP contribution in [0.3, 0.4) is 0 Å². The summed E-state index contributed by atoms with van der Waals surface area (Å²) in [7, 11) is 0. The molecule has 16 heteroatoms. The number of hydrogen-bond acceptors (Lipinski definition) is 8. The summed E-state index contributed by atoms with van der Waals surface area (Å²) in [5.41, 5.74) is 27.2. The van der Waals surface area contributed by atoms with Crippen molar-refractivity contribution in [3.8, 4) is 0 Å². The van der Waals surface area contributed by atoms with Gasteiger partial charge in [-0.05, 0) is 38.0 Å². The number of carbonyl (C=O) groups is 4. The molecule has 3 amide bonds. The average molecular weight is 547 g/mol. The molecule has 0 saturated heterocycles. The lowest BCUT2D eigenvalue weighted by molar-refractivity contribution is -0.141. The zero-order chi connectivity index (χ0) is 28.5. The van der Waals surface area contributed by atoms with Gasteiger partial charge in [0, 0.05) is 18.8 Å². The molecule has 0 aromatic rings. The maximum absolute atomic E-state index is 13.2. The van der Waals surface area contributed by atoms with Gasteiger partial charge in [-0.15, -0.1) is 0 Å². The van der Waals surface area contributed by atoms with E-state index in [2.05, 4.69) is 38.6 Å². The van der Waals surface area contributed by atoms with Gasteiger partial charge in [0.25, 0.3) is 0 Å². The summed E-state index contributed by atoms with van der Waals surface area (Å²) < 4.78 is 0. The number of guanidine groups is 2. The number of amides is 3. The number of carboxylic acid groups (broad SMARTS) is 1. The third-order valence-electron chi connectivity index (χ3n) is 5.02. The predicted octanol–water partition coefficient (Wildman–Crippen LogP) is -3.06. The fourth-order valence-corrected chi connectivity index (χ4v) is 3.42. The summed E-state index contributed by atoms with van der Waals surface area (Å²) in [4.78, 5) is 57.6. The van der Waals surface area contributed by atoms with E-state index in [9.17, 15) is 24.3 Å². The van der Waals surface area contributed by atoms with E-state index >= 15 is 0 Å². The first-order valence-electron chi connectivity index (χ1n) is 11.9. The van der Waals surface area contributed by atoms with E-state index in [0.29, 0.717) is 19.3 Å². The molecule has 0 aliphatic carbocycles. The van der Waals surface area contributed by atoms with Gasteiger partial charge in [0.1, 0.15) is 18.1 Å². The van der Waals surface area contributed by atoms with Crippen molar-refractivity contribution in [2.75, 3.05) is 18.8 Å².